The first-order valence-electron chi connectivity index (χ1n) is 5.69. The second-order valence-corrected chi connectivity index (χ2v) is 4.80. The van der Waals surface area contributed by atoms with Gasteiger partial charge in [0.2, 0.25) is 0 Å². The number of benzene rings is 1. The monoisotopic (exact) mass is 237 g/mol. The van der Waals surface area contributed by atoms with E-state index in [9.17, 15) is 4.79 Å². The first-order chi connectivity index (χ1) is 7.68. The summed E-state index contributed by atoms with van der Waals surface area (Å²) in [5, 5.41) is 3.96. The lowest BCUT2D eigenvalue weighted by Crippen LogP contribution is -2.34. The van der Waals surface area contributed by atoms with Crippen molar-refractivity contribution in [1.82, 2.24) is 5.32 Å². The van der Waals surface area contributed by atoms with Gasteiger partial charge in [-0.1, -0.05) is 11.6 Å². The fourth-order valence-electron chi connectivity index (χ4n) is 2.20. The third kappa shape index (κ3) is 2.45. The number of rotatable bonds is 2. The van der Waals surface area contributed by atoms with Gasteiger partial charge in [0.25, 0.3) is 0 Å². The Labute approximate surface area is 101 Å². The lowest BCUT2D eigenvalue weighted by molar-refractivity contribution is 0.0899. The lowest BCUT2D eigenvalue weighted by atomic mass is 9.89. The van der Waals surface area contributed by atoms with E-state index >= 15 is 0 Å². The third-order valence-electron chi connectivity index (χ3n) is 3.12. The molecule has 1 aromatic carbocycles. The summed E-state index contributed by atoms with van der Waals surface area (Å²) in [5.74, 6) is 0.384. The van der Waals surface area contributed by atoms with Gasteiger partial charge in [0.05, 0.1) is 0 Å². The van der Waals surface area contributed by atoms with E-state index in [1.165, 1.54) is 0 Å². The SMILES string of the molecule is Cc1cc(Cl)ccc1C(=O)[C@@H]1CCCNC1. The molecule has 1 aliphatic heterocycles. The number of hydrogen-bond acceptors (Lipinski definition) is 2. The molecule has 16 heavy (non-hydrogen) atoms. The lowest BCUT2D eigenvalue weighted by Gasteiger charge is -2.22. The summed E-state index contributed by atoms with van der Waals surface area (Å²) < 4.78 is 0. The molecule has 2 rings (SSSR count). The molecular weight excluding hydrogens is 222 g/mol. The van der Waals surface area contributed by atoms with Crippen molar-refractivity contribution in [3.63, 3.8) is 0 Å². The number of carbonyl (C=O) groups is 1. The minimum atomic E-state index is 0.133. The van der Waals surface area contributed by atoms with Gasteiger partial charge in [0.1, 0.15) is 0 Å². The van der Waals surface area contributed by atoms with Crippen molar-refractivity contribution >= 4 is 17.4 Å². The highest BCUT2D eigenvalue weighted by atomic mass is 35.5. The molecule has 1 aliphatic rings. The number of ketones is 1. The third-order valence-corrected chi connectivity index (χ3v) is 3.36. The highest BCUT2D eigenvalue weighted by Crippen LogP contribution is 2.21. The second-order valence-electron chi connectivity index (χ2n) is 4.37. The van der Waals surface area contributed by atoms with Crippen LogP contribution in [-0.4, -0.2) is 18.9 Å². The van der Waals surface area contributed by atoms with Gasteiger partial charge in [-0.3, -0.25) is 4.79 Å². The molecule has 3 heteroatoms. The molecule has 1 fully saturated rings. The zero-order valence-electron chi connectivity index (χ0n) is 9.42. The standard InChI is InChI=1S/C13H16ClNO/c1-9-7-11(14)4-5-12(9)13(16)10-3-2-6-15-8-10/h4-5,7,10,15H,2-3,6,8H2,1H3/t10-/m1/s1. The van der Waals surface area contributed by atoms with Crippen molar-refractivity contribution in [2.24, 2.45) is 5.92 Å². The van der Waals surface area contributed by atoms with Gasteiger partial charge in [-0.2, -0.15) is 0 Å². The predicted octanol–water partition coefficient (Wildman–Crippen LogP) is 2.83. The van der Waals surface area contributed by atoms with Crippen LogP contribution in [-0.2, 0) is 0 Å². The van der Waals surface area contributed by atoms with Gasteiger partial charge in [-0.05, 0) is 50.1 Å². The first-order valence-corrected chi connectivity index (χ1v) is 6.07. The van der Waals surface area contributed by atoms with Crippen LogP contribution in [0.25, 0.3) is 0 Å². The minimum absolute atomic E-state index is 0.133. The molecule has 0 spiro atoms. The molecule has 2 nitrogen and oxygen atoms in total. The Balaban J connectivity index is 2.19. The van der Waals surface area contributed by atoms with Crippen molar-refractivity contribution in [3.05, 3.63) is 34.3 Å². The van der Waals surface area contributed by atoms with Gasteiger partial charge in [-0.25, -0.2) is 0 Å². The van der Waals surface area contributed by atoms with Gasteiger partial charge in [0, 0.05) is 23.0 Å². The molecule has 1 atom stereocenters. The summed E-state index contributed by atoms with van der Waals surface area (Å²) in [6.07, 6.45) is 2.08. The van der Waals surface area contributed by atoms with E-state index in [-0.39, 0.29) is 11.7 Å². The average Bonchev–Trinajstić information content (AvgIpc) is 2.29. The quantitative estimate of drug-likeness (QED) is 0.802. The van der Waals surface area contributed by atoms with Crippen LogP contribution < -0.4 is 5.32 Å². The van der Waals surface area contributed by atoms with E-state index in [2.05, 4.69) is 5.32 Å². The molecule has 1 aromatic rings. The summed E-state index contributed by atoms with van der Waals surface area (Å²) >= 11 is 5.88. The average molecular weight is 238 g/mol. The van der Waals surface area contributed by atoms with Crippen molar-refractivity contribution in [2.45, 2.75) is 19.8 Å². The van der Waals surface area contributed by atoms with Gasteiger partial charge < -0.3 is 5.32 Å². The van der Waals surface area contributed by atoms with E-state index < -0.39 is 0 Å². The van der Waals surface area contributed by atoms with Crippen LogP contribution in [0.1, 0.15) is 28.8 Å². The minimum Gasteiger partial charge on any atom is -0.316 e. The Morgan fingerprint density at radius 1 is 1.50 bits per heavy atom. The Kier molecular flexibility index (Phi) is 3.62. The molecular formula is C13H16ClNO. The van der Waals surface area contributed by atoms with E-state index in [4.69, 9.17) is 11.6 Å². The topological polar surface area (TPSA) is 29.1 Å². The van der Waals surface area contributed by atoms with Crippen LogP contribution >= 0.6 is 11.6 Å². The van der Waals surface area contributed by atoms with Crippen LogP contribution in [0.3, 0.4) is 0 Å². The van der Waals surface area contributed by atoms with Crippen molar-refractivity contribution in [2.75, 3.05) is 13.1 Å². The number of hydrogen-bond donors (Lipinski definition) is 1. The Hall–Kier alpha value is -0.860. The number of carbonyl (C=O) groups excluding carboxylic acids is 1. The molecule has 0 amide bonds. The van der Waals surface area contributed by atoms with Crippen LogP contribution in [0.4, 0.5) is 0 Å². The highest BCUT2D eigenvalue weighted by Gasteiger charge is 2.23. The molecule has 0 bridgehead atoms. The molecule has 1 heterocycles. The molecule has 0 unspecified atom stereocenters. The Morgan fingerprint density at radius 2 is 2.31 bits per heavy atom. The number of piperidine rings is 1. The summed E-state index contributed by atoms with van der Waals surface area (Å²) in [7, 11) is 0. The van der Waals surface area contributed by atoms with E-state index in [1.807, 2.05) is 19.1 Å². The van der Waals surface area contributed by atoms with E-state index in [0.717, 1.165) is 37.1 Å². The summed E-state index contributed by atoms with van der Waals surface area (Å²) in [5.41, 5.74) is 1.79. The smallest absolute Gasteiger partial charge is 0.167 e. The van der Waals surface area contributed by atoms with Gasteiger partial charge in [0.15, 0.2) is 5.78 Å². The van der Waals surface area contributed by atoms with Crippen LogP contribution in [0.15, 0.2) is 18.2 Å². The van der Waals surface area contributed by atoms with Crippen LogP contribution in [0.5, 0.6) is 0 Å². The number of nitrogens with one attached hydrogen (secondary N) is 1. The molecule has 0 saturated carbocycles. The van der Waals surface area contributed by atoms with Crippen molar-refractivity contribution in [3.8, 4) is 0 Å². The number of Topliss-reactive ketones (excluding diaryl/α,β-unsaturated/α-hetero) is 1. The summed E-state index contributed by atoms with van der Waals surface area (Å²) in [4.78, 5) is 12.2. The molecule has 0 aliphatic carbocycles. The molecule has 1 saturated heterocycles. The molecule has 1 N–H and O–H groups in total. The van der Waals surface area contributed by atoms with Crippen LogP contribution in [0.2, 0.25) is 5.02 Å². The maximum Gasteiger partial charge on any atom is 0.167 e. The molecule has 0 aromatic heterocycles. The summed E-state index contributed by atoms with van der Waals surface area (Å²) in [6, 6.07) is 5.48. The second kappa shape index (κ2) is 4.98. The first kappa shape index (κ1) is 11.6. The van der Waals surface area contributed by atoms with Gasteiger partial charge >= 0.3 is 0 Å². The molecule has 0 radical (unpaired) electrons. The van der Waals surface area contributed by atoms with Crippen molar-refractivity contribution < 1.29 is 4.79 Å². The normalized spacial score (nSPS) is 20.8. The zero-order chi connectivity index (χ0) is 11.5. The van der Waals surface area contributed by atoms with E-state index in [0.29, 0.717) is 5.02 Å². The summed E-state index contributed by atoms with van der Waals surface area (Å²) in [6.45, 7) is 3.78. The fraction of sp³-hybridized carbons (Fsp3) is 0.462. The predicted molar refractivity (Wildman–Crippen MR) is 66.1 cm³/mol. The Bertz CT molecular complexity index is 397. The Morgan fingerprint density at radius 3 is 2.94 bits per heavy atom. The highest BCUT2D eigenvalue weighted by molar-refractivity contribution is 6.30. The number of aryl methyl sites for hydroxylation is 1. The molecule has 86 valence electrons. The van der Waals surface area contributed by atoms with Crippen LogP contribution in [0, 0.1) is 12.8 Å². The van der Waals surface area contributed by atoms with Crippen molar-refractivity contribution in [1.29, 1.82) is 0 Å². The largest absolute Gasteiger partial charge is 0.316 e. The fourth-order valence-corrected chi connectivity index (χ4v) is 2.43. The maximum absolute atomic E-state index is 12.2. The zero-order valence-corrected chi connectivity index (χ0v) is 10.2. The maximum atomic E-state index is 12.2. The van der Waals surface area contributed by atoms with Gasteiger partial charge in [-0.15, -0.1) is 0 Å². The van der Waals surface area contributed by atoms with E-state index in [1.54, 1.807) is 6.07 Å². The number of halogens is 1.